The van der Waals surface area contributed by atoms with Gasteiger partial charge in [0, 0.05) is 12.8 Å². The second-order valence-electron chi connectivity index (χ2n) is 2.82. The first-order chi connectivity index (χ1) is 4.88. The Bertz CT molecular complexity index is 162. The Morgan fingerprint density at radius 3 is 1.60 bits per heavy atom. The van der Waals surface area contributed by atoms with Crippen LogP contribution < -0.4 is 0 Å². The van der Waals surface area contributed by atoms with Crippen molar-refractivity contribution in [1.82, 2.24) is 0 Å². The Labute approximate surface area is 61.1 Å². The lowest BCUT2D eigenvalue weighted by Crippen LogP contribution is -2.24. The van der Waals surface area contributed by atoms with Gasteiger partial charge in [-0.3, -0.25) is 0 Å². The summed E-state index contributed by atoms with van der Waals surface area (Å²) in [6.07, 6.45) is 3.60. The van der Waals surface area contributed by atoms with E-state index in [-0.39, 0.29) is 0 Å². The van der Waals surface area contributed by atoms with Gasteiger partial charge in [-0.05, 0) is 24.7 Å². The van der Waals surface area contributed by atoms with E-state index in [0.29, 0.717) is 24.7 Å². The molecule has 0 N–H and O–H groups in total. The van der Waals surface area contributed by atoms with Crippen molar-refractivity contribution < 1.29 is 0 Å². The van der Waals surface area contributed by atoms with Gasteiger partial charge in [0.15, 0.2) is 0 Å². The van der Waals surface area contributed by atoms with Crippen LogP contribution in [0.3, 0.4) is 0 Å². The first kappa shape index (κ1) is 7.09. The van der Waals surface area contributed by atoms with Crippen molar-refractivity contribution in [2.24, 2.45) is 11.8 Å². The summed E-state index contributed by atoms with van der Waals surface area (Å²) in [4.78, 5) is 0. The molecule has 52 valence electrons. The predicted molar refractivity (Wildman–Crippen MR) is 36.7 cm³/mol. The lowest BCUT2D eigenvalue weighted by molar-refractivity contribution is 0.185. The van der Waals surface area contributed by atoms with Gasteiger partial charge in [0.05, 0.1) is 12.1 Å². The molecular formula is C8H10N2. The van der Waals surface area contributed by atoms with Crippen LogP contribution in [0, 0.1) is 34.5 Å². The third-order valence-corrected chi connectivity index (χ3v) is 2.28. The van der Waals surface area contributed by atoms with E-state index in [1.165, 1.54) is 0 Å². The van der Waals surface area contributed by atoms with Gasteiger partial charge in [0.1, 0.15) is 0 Å². The quantitative estimate of drug-likeness (QED) is 0.578. The first-order valence-electron chi connectivity index (χ1n) is 3.62. The number of rotatable bonds is 2. The highest BCUT2D eigenvalue weighted by Gasteiger charge is 2.29. The van der Waals surface area contributed by atoms with E-state index in [9.17, 15) is 0 Å². The summed E-state index contributed by atoms with van der Waals surface area (Å²) in [6, 6.07) is 4.30. The Morgan fingerprint density at radius 2 is 1.40 bits per heavy atom. The van der Waals surface area contributed by atoms with Crippen molar-refractivity contribution in [1.29, 1.82) is 10.5 Å². The van der Waals surface area contributed by atoms with Gasteiger partial charge in [-0.1, -0.05) is 0 Å². The molecule has 1 aliphatic rings. The molecule has 0 heterocycles. The van der Waals surface area contributed by atoms with Gasteiger partial charge in [-0.25, -0.2) is 0 Å². The van der Waals surface area contributed by atoms with Gasteiger partial charge < -0.3 is 0 Å². The summed E-state index contributed by atoms with van der Waals surface area (Å²) in [7, 11) is 0. The number of nitriles is 2. The van der Waals surface area contributed by atoms with Crippen molar-refractivity contribution >= 4 is 0 Å². The van der Waals surface area contributed by atoms with Crippen molar-refractivity contribution in [3.63, 3.8) is 0 Å². The largest absolute Gasteiger partial charge is 0.198 e. The van der Waals surface area contributed by atoms with E-state index in [0.717, 1.165) is 12.8 Å². The van der Waals surface area contributed by atoms with Crippen molar-refractivity contribution in [3.8, 4) is 12.1 Å². The molecule has 1 saturated carbocycles. The normalized spacial score (nSPS) is 29.8. The molecule has 0 aliphatic heterocycles. The van der Waals surface area contributed by atoms with Crippen molar-refractivity contribution in [3.05, 3.63) is 0 Å². The lowest BCUT2D eigenvalue weighted by Gasteiger charge is -2.33. The third-order valence-electron chi connectivity index (χ3n) is 2.28. The summed E-state index contributed by atoms with van der Waals surface area (Å²) in [5.41, 5.74) is 0. The minimum atomic E-state index is 0.532. The van der Waals surface area contributed by atoms with E-state index < -0.39 is 0 Å². The van der Waals surface area contributed by atoms with Crippen LogP contribution in [0.15, 0.2) is 0 Å². The van der Waals surface area contributed by atoms with Gasteiger partial charge in [-0.2, -0.15) is 10.5 Å². The second kappa shape index (κ2) is 3.22. The maximum atomic E-state index is 8.35. The molecule has 0 unspecified atom stereocenters. The smallest absolute Gasteiger partial charge is 0.0624 e. The van der Waals surface area contributed by atoms with E-state index in [1.807, 2.05) is 0 Å². The minimum absolute atomic E-state index is 0.532. The van der Waals surface area contributed by atoms with Gasteiger partial charge in [-0.15, -0.1) is 0 Å². The monoisotopic (exact) mass is 134 g/mol. The number of hydrogen-bond acceptors (Lipinski definition) is 2. The molecule has 2 nitrogen and oxygen atoms in total. The first-order valence-corrected chi connectivity index (χ1v) is 3.62. The number of nitrogens with zero attached hydrogens (tertiary/aromatic N) is 2. The van der Waals surface area contributed by atoms with Crippen LogP contribution in [-0.2, 0) is 0 Å². The van der Waals surface area contributed by atoms with Gasteiger partial charge >= 0.3 is 0 Å². The summed E-state index contributed by atoms with van der Waals surface area (Å²) >= 11 is 0. The average molecular weight is 134 g/mol. The van der Waals surface area contributed by atoms with Crippen LogP contribution in [0.1, 0.15) is 25.7 Å². The molecule has 1 fully saturated rings. The lowest BCUT2D eigenvalue weighted by atomic mass is 9.71. The molecule has 0 amide bonds. The molecule has 2 heteroatoms. The van der Waals surface area contributed by atoms with Crippen LogP contribution >= 0.6 is 0 Å². The molecule has 10 heavy (non-hydrogen) atoms. The molecule has 0 radical (unpaired) electrons. The van der Waals surface area contributed by atoms with Crippen LogP contribution in [0.5, 0.6) is 0 Å². The topological polar surface area (TPSA) is 47.6 Å². The molecule has 0 aromatic heterocycles. The molecule has 0 bridgehead atoms. The van der Waals surface area contributed by atoms with Crippen molar-refractivity contribution in [2.75, 3.05) is 0 Å². The average Bonchev–Trinajstić information content (AvgIpc) is 1.93. The maximum absolute atomic E-state index is 8.35. The molecule has 2 atom stereocenters. The summed E-state index contributed by atoms with van der Waals surface area (Å²) in [6.45, 7) is 0. The Morgan fingerprint density at radius 1 is 1.00 bits per heavy atom. The fourth-order valence-corrected chi connectivity index (χ4v) is 1.41. The van der Waals surface area contributed by atoms with Crippen LogP contribution in [0.25, 0.3) is 0 Å². The SMILES string of the molecule is N#CC[C@@H]1CC[C@@H]1CC#N. The molecule has 0 spiro atoms. The highest BCUT2D eigenvalue weighted by Crippen LogP contribution is 2.38. The molecule has 0 aromatic rings. The van der Waals surface area contributed by atoms with Gasteiger partial charge in [0.2, 0.25) is 0 Å². The van der Waals surface area contributed by atoms with E-state index in [1.54, 1.807) is 0 Å². The fraction of sp³-hybridized carbons (Fsp3) is 0.750. The molecule has 1 aliphatic carbocycles. The van der Waals surface area contributed by atoms with Crippen molar-refractivity contribution in [2.45, 2.75) is 25.7 Å². The molecule has 0 saturated heterocycles. The number of hydrogen-bond donors (Lipinski definition) is 0. The molecular weight excluding hydrogens is 124 g/mol. The van der Waals surface area contributed by atoms with Crippen LogP contribution in [-0.4, -0.2) is 0 Å². The van der Waals surface area contributed by atoms with E-state index in [4.69, 9.17) is 10.5 Å². The zero-order valence-electron chi connectivity index (χ0n) is 5.88. The van der Waals surface area contributed by atoms with E-state index >= 15 is 0 Å². The molecule has 0 aromatic carbocycles. The third kappa shape index (κ3) is 1.28. The fourth-order valence-electron chi connectivity index (χ4n) is 1.41. The van der Waals surface area contributed by atoms with Crippen LogP contribution in [0.2, 0.25) is 0 Å². The van der Waals surface area contributed by atoms with Gasteiger partial charge in [0.25, 0.3) is 0 Å². The second-order valence-corrected chi connectivity index (χ2v) is 2.82. The Kier molecular flexibility index (Phi) is 2.29. The Balaban J connectivity index is 2.25. The van der Waals surface area contributed by atoms with Crippen LogP contribution in [0.4, 0.5) is 0 Å². The summed E-state index contributed by atoms with van der Waals surface area (Å²) in [5, 5.41) is 16.7. The minimum Gasteiger partial charge on any atom is -0.198 e. The predicted octanol–water partition coefficient (Wildman–Crippen LogP) is 1.84. The van der Waals surface area contributed by atoms with E-state index in [2.05, 4.69) is 12.1 Å². The Hall–Kier alpha value is -1.02. The zero-order valence-corrected chi connectivity index (χ0v) is 5.88. The highest BCUT2D eigenvalue weighted by molar-refractivity contribution is 4.91. The summed E-state index contributed by atoms with van der Waals surface area (Å²) < 4.78 is 0. The standard InChI is InChI=1S/C8H10N2/c9-5-3-7-1-2-8(7)4-6-10/h7-8H,1-4H2/t7-,8+. The maximum Gasteiger partial charge on any atom is 0.0624 e. The molecule has 1 rings (SSSR count). The summed E-state index contributed by atoms with van der Waals surface area (Å²) in [5.74, 6) is 1.06. The zero-order chi connectivity index (χ0) is 7.40. The highest BCUT2D eigenvalue weighted by atomic mass is 14.4.